The molecule has 0 saturated carbocycles. The molecule has 0 aromatic carbocycles. The molecule has 16 heteroatoms. The maximum Gasteiger partial charge on any atom is 0.420 e. The molecule has 3 atom stereocenters. The summed E-state index contributed by atoms with van der Waals surface area (Å²) in [7, 11) is -1.92. The average Bonchev–Trinajstić information content (AvgIpc) is 3.55. The zero-order chi connectivity index (χ0) is 34.9. The fourth-order valence-corrected chi connectivity index (χ4v) is 4.77. The van der Waals surface area contributed by atoms with Gasteiger partial charge in [-0.15, -0.1) is 0 Å². The Labute approximate surface area is 267 Å². The van der Waals surface area contributed by atoms with E-state index in [0.29, 0.717) is 16.3 Å². The third-order valence-corrected chi connectivity index (χ3v) is 7.65. The highest BCUT2D eigenvalue weighted by Crippen LogP contribution is 2.19. The molecule has 0 aliphatic carbocycles. The van der Waals surface area contributed by atoms with E-state index in [4.69, 9.17) is 14.2 Å². The molecule has 0 aliphatic heterocycles. The SMILES string of the molecule is COC(=O)C(C)Cn1ccc(S(C)(=O)=O)c1.COC(=O)C(Cn1ccc(S(C)=O)c1)N(C(=O)OC(C)(C)C)C(=O)OC(C)(C)C. The van der Waals surface area contributed by atoms with Crippen LogP contribution in [0.4, 0.5) is 9.59 Å². The minimum atomic E-state index is -3.18. The number of rotatable bonds is 9. The predicted octanol–water partition coefficient (Wildman–Crippen LogP) is 3.64. The minimum Gasteiger partial charge on any atom is -0.469 e. The van der Waals surface area contributed by atoms with Crippen LogP contribution in [0.15, 0.2) is 46.7 Å². The molecular weight excluding hydrogens is 630 g/mol. The number of hydrogen-bond donors (Lipinski definition) is 0. The molecule has 254 valence electrons. The number of sulfone groups is 1. The van der Waals surface area contributed by atoms with Crippen LogP contribution in [0.5, 0.6) is 0 Å². The number of nitrogens with zero attached hydrogens (tertiary/aromatic N) is 3. The first-order valence-electron chi connectivity index (χ1n) is 13.7. The molecule has 0 N–H and O–H groups in total. The summed E-state index contributed by atoms with van der Waals surface area (Å²) in [5, 5.41) is 0. The van der Waals surface area contributed by atoms with Crippen LogP contribution < -0.4 is 0 Å². The highest BCUT2D eigenvalue weighted by Gasteiger charge is 2.41. The van der Waals surface area contributed by atoms with E-state index in [1.165, 1.54) is 25.6 Å². The van der Waals surface area contributed by atoms with Gasteiger partial charge in [0.1, 0.15) is 11.2 Å². The third kappa shape index (κ3) is 13.5. The second-order valence-corrected chi connectivity index (χ2v) is 15.5. The first-order chi connectivity index (χ1) is 20.5. The van der Waals surface area contributed by atoms with Gasteiger partial charge < -0.3 is 28.1 Å². The van der Waals surface area contributed by atoms with Crippen LogP contribution in [0, 0.1) is 5.92 Å². The summed E-state index contributed by atoms with van der Waals surface area (Å²) < 4.78 is 57.3. The van der Waals surface area contributed by atoms with Crippen molar-refractivity contribution in [3.63, 3.8) is 0 Å². The van der Waals surface area contributed by atoms with E-state index in [-0.39, 0.29) is 23.3 Å². The summed E-state index contributed by atoms with van der Waals surface area (Å²) >= 11 is 0. The summed E-state index contributed by atoms with van der Waals surface area (Å²) in [6.45, 7) is 11.8. The molecule has 2 aromatic rings. The Morgan fingerprint density at radius 2 is 1.31 bits per heavy atom. The van der Waals surface area contributed by atoms with E-state index in [1.807, 2.05) is 0 Å². The molecule has 0 fully saturated rings. The Balaban J connectivity index is 0.000000532. The first kappa shape index (κ1) is 39.4. The van der Waals surface area contributed by atoms with Gasteiger partial charge in [-0.05, 0) is 53.7 Å². The van der Waals surface area contributed by atoms with E-state index < -0.39 is 56.0 Å². The number of hydrogen-bond acceptors (Lipinski definition) is 11. The number of esters is 2. The average molecular weight is 676 g/mol. The number of amides is 2. The van der Waals surface area contributed by atoms with Crippen LogP contribution in [-0.4, -0.2) is 94.8 Å². The maximum atomic E-state index is 12.8. The van der Waals surface area contributed by atoms with Gasteiger partial charge in [-0.25, -0.2) is 22.8 Å². The van der Waals surface area contributed by atoms with Crippen LogP contribution in [-0.2, 0) is 62.3 Å². The van der Waals surface area contributed by atoms with Gasteiger partial charge in [0.05, 0.1) is 47.3 Å². The van der Waals surface area contributed by atoms with Crippen LogP contribution in [0.2, 0.25) is 0 Å². The van der Waals surface area contributed by atoms with E-state index in [9.17, 15) is 31.8 Å². The van der Waals surface area contributed by atoms with Crippen molar-refractivity contribution in [2.45, 2.75) is 88.6 Å². The van der Waals surface area contributed by atoms with Gasteiger partial charge in [0.25, 0.3) is 0 Å². The Bertz CT molecular complexity index is 1440. The molecule has 14 nitrogen and oxygen atoms in total. The highest BCUT2D eigenvalue weighted by molar-refractivity contribution is 7.90. The quantitative estimate of drug-likeness (QED) is 0.281. The van der Waals surface area contributed by atoms with Crippen LogP contribution in [0.25, 0.3) is 0 Å². The monoisotopic (exact) mass is 675 g/mol. The number of ether oxygens (including phenoxy) is 4. The van der Waals surface area contributed by atoms with Crippen molar-refractivity contribution in [1.29, 1.82) is 0 Å². The van der Waals surface area contributed by atoms with Gasteiger partial charge in [-0.1, -0.05) is 6.92 Å². The zero-order valence-corrected chi connectivity index (χ0v) is 29.3. The van der Waals surface area contributed by atoms with Gasteiger partial charge in [0, 0.05) is 43.8 Å². The molecule has 2 rings (SSSR count). The van der Waals surface area contributed by atoms with Crippen LogP contribution in [0.1, 0.15) is 48.5 Å². The van der Waals surface area contributed by atoms with Crippen molar-refractivity contribution >= 4 is 44.8 Å². The number of aromatic nitrogens is 2. The number of imide groups is 1. The van der Waals surface area contributed by atoms with Crippen molar-refractivity contribution in [3.8, 4) is 0 Å². The Kier molecular flexibility index (Phi) is 14.1. The van der Waals surface area contributed by atoms with Gasteiger partial charge >= 0.3 is 24.1 Å². The van der Waals surface area contributed by atoms with Gasteiger partial charge in [0.15, 0.2) is 15.9 Å². The molecule has 0 spiro atoms. The number of carbonyl (C=O) groups excluding carboxylic acids is 4. The van der Waals surface area contributed by atoms with Crippen LogP contribution >= 0.6 is 0 Å². The normalized spacial score (nSPS) is 13.8. The van der Waals surface area contributed by atoms with Gasteiger partial charge in [-0.2, -0.15) is 4.90 Å². The standard InChI is InChI=1S/C19H30N2O7S.C10H15NO4S/c1-18(2,3)27-16(23)21(17(24)28-19(4,5)6)14(15(22)26-7)12-20-10-9-13(11-20)29(8)25;1-8(10(12)15-2)6-11-5-4-9(7-11)16(3,13)14/h9-11,14H,12H2,1-8H3;4-5,7-8H,6H2,1-3H3. The smallest absolute Gasteiger partial charge is 0.420 e. The Morgan fingerprint density at radius 1 is 0.844 bits per heavy atom. The van der Waals surface area contributed by atoms with E-state index >= 15 is 0 Å². The Morgan fingerprint density at radius 3 is 1.69 bits per heavy atom. The minimum absolute atomic E-state index is 0.123. The van der Waals surface area contributed by atoms with Crippen molar-refractivity contribution in [1.82, 2.24) is 14.0 Å². The third-order valence-electron chi connectivity index (χ3n) is 5.64. The van der Waals surface area contributed by atoms with Crippen molar-refractivity contribution in [3.05, 3.63) is 36.9 Å². The highest BCUT2D eigenvalue weighted by atomic mass is 32.2. The molecule has 2 aromatic heterocycles. The van der Waals surface area contributed by atoms with E-state index in [1.54, 1.807) is 82.3 Å². The fraction of sp³-hybridized carbons (Fsp3) is 0.586. The predicted molar refractivity (Wildman–Crippen MR) is 166 cm³/mol. The molecule has 0 saturated heterocycles. The van der Waals surface area contributed by atoms with Gasteiger partial charge in [-0.3, -0.25) is 9.00 Å². The van der Waals surface area contributed by atoms with Crippen molar-refractivity contribution < 1.29 is 50.8 Å². The Hall–Kier alpha value is -3.66. The molecule has 45 heavy (non-hydrogen) atoms. The second-order valence-electron chi connectivity index (χ2n) is 12.1. The molecule has 2 heterocycles. The summed E-state index contributed by atoms with van der Waals surface area (Å²) in [6.07, 6.45) is 6.90. The summed E-state index contributed by atoms with van der Waals surface area (Å²) in [5.41, 5.74) is -1.81. The lowest BCUT2D eigenvalue weighted by molar-refractivity contribution is -0.147. The lowest BCUT2D eigenvalue weighted by atomic mass is 10.2. The largest absolute Gasteiger partial charge is 0.469 e. The van der Waals surface area contributed by atoms with Crippen molar-refractivity contribution in [2.24, 2.45) is 5.92 Å². The lowest BCUT2D eigenvalue weighted by Gasteiger charge is -2.32. The molecule has 0 radical (unpaired) electrons. The molecule has 2 amide bonds. The van der Waals surface area contributed by atoms with E-state index in [0.717, 1.165) is 13.4 Å². The van der Waals surface area contributed by atoms with Crippen molar-refractivity contribution in [2.75, 3.05) is 26.7 Å². The fourth-order valence-electron chi connectivity index (χ4n) is 3.59. The number of methoxy groups -OCH3 is 2. The molecular formula is C29H45N3O11S2. The molecule has 0 aliphatic rings. The lowest BCUT2D eigenvalue weighted by Crippen LogP contribution is -2.53. The first-order valence-corrected chi connectivity index (χ1v) is 17.2. The second kappa shape index (κ2) is 16.1. The summed E-state index contributed by atoms with van der Waals surface area (Å²) in [5.74, 6) is -1.44. The van der Waals surface area contributed by atoms with E-state index in [2.05, 4.69) is 4.74 Å². The molecule has 3 unspecified atom stereocenters. The zero-order valence-electron chi connectivity index (χ0n) is 27.7. The maximum absolute atomic E-state index is 12.8. The van der Waals surface area contributed by atoms with Gasteiger partial charge in [0.2, 0.25) is 0 Å². The summed E-state index contributed by atoms with van der Waals surface area (Å²) in [4.78, 5) is 50.6. The number of carbonyl (C=O) groups is 4. The molecule has 0 bridgehead atoms. The van der Waals surface area contributed by atoms with Crippen LogP contribution in [0.3, 0.4) is 0 Å². The topological polar surface area (TPSA) is 170 Å². The summed E-state index contributed by atoms with van der Waals surface area (Å²) in [6, 6.07) is 1.78.